The van der Waals surface area contributed by atoms with Crippen LogP contribution in [0.4, 0.5) is 4.79 Å². The smallest absolute Gasteiger partial charge is 0.325 e. The molecule has 2 aromatic rings. The Labute approximate surface area is 204 Å². The van der Waals surface area contributed by atoms with E-state index in [-0.39, 0.29) is 5.91 Å². The number of nitrogens with one attached hydrogen (secondary N) is 1. The fourth-order valence-electron chi connectivity index (χ4n) is 4.88. The second-order valence-electron chi connectivity index (χ2n) is 8.98. The Morgan fingerprint density at radius 1 is 1.00 bits per heavy atom. The molecule has 1 N–H and O–H groups in total. The van der Waals surface area contributed by atoms with E-state index in [0.717, 1.165) is 55.7 Å². The summed E-state index contributed by atoms with van der Waals surface area (Å²) in [4.78, 5) is 38.2. The molecule has 5 rings (SSSR count). The van der Waals surface area contributed by atoms with E-state index < -0.39 is 18.2 Å². The lowest BCUT2D eigenvalue weighted by Crippen LogP contribution is -2.64. The third-order valence-corrected chi connectivity index (χ3v) is 7.20. The van der Waals surface area contributed by atoms with Crippen LogP contribution in [0.1, 0.15) is 11.1 Å². The molecule has 3 heterocycles. The lowest BCUT2D eigenvalue weighted by molar-refractivity contribution is -0.127. The molecule has 0 aliphatic carbocycles. The van der Waals surface area contributed by atoms with Crippen molar-refractivity contribution in [3.8, 4) is 0 Å². The molecular weight excluding hydrogens is 452 g/mol. The summed E-state index contributed by atoms with van der Waals surface area (Å²) in [6.45, 7) is 4.79. The standard InChI is InChI=1S/C25H29ClN6O2/c1-29-22-21(23(33)28-25(29)34)32(12-11-18-7-3-2-4-8-18)24(27-22)31-15-13-30(14-16-31)17-19-9-5-6-10-20(19)26/h2-10,21-22H,11-17H2,1H3,(H,28,33,34). The van der Waals surface area contributed by atoms with Crippen LogP contribution in [0.25, 0.3) is 0 Å². The van der Waals surface area contributed by atoms with E-state index in [2.05, 4.69) is 38.2 Å². The number of nitrogens with zero attached hydrogens (tertiary/aromatic N) is 5. The number of amides is 3. The molecule has 0 spiro atoms. The van der Waals surface area contributed by atoms with Gasteiger partial charge in [0.1, 0.15) is 0 Å². The molecule has 2 atom stereocenters. The first-order valence-corrected chi connectivity index (χ1v) is 12.1. The fourth-order valence-corrected chi connectivity index (χ4v) is 5.08. The van der Waals surface area contributed by atoms with Crippen LogP contribution in [-0.4, -0.2) is 89.5 Å². The van der Waals surface area contributed by atoms with Crippen molar-refractivity contribution in [2.24, 2.45) is 4.99 Å². The molecule has 0 radical (unpaired) electrons. The molecule has 9 heteroatoms. The van der Waals surface area contributed by atoms with Gasteiger partial charge in [0.2, 0.25) is 0 Å². The molecule has 2 aromatic carbocycles. The first-order valence-electron chi connectivity index (χ1n) is 11.7. The Kier molecular flexibility index (Phi) is 6.43. The molecule has 178 valence electrons. The van der Waals surface area contributed by atoms with Crippen molar-refractivity contribution in [3.63, 3.8) is 0 Å². The van der Waals surface area contributed by atoms with Crippen molar-refractivity contribution in [3.05, 3.63) is 70.7 Å². The topological polar surface area (TPSA) is 71.5 Å². The molecule has 0 saturated carbocycles. The molecule has 34 heavy (non-hydrogen) atoms. The Morgan fingerprint density at radius 3 is 2.44 bits per heavy atom. The van der Waals surface area contributed by atoms with E-state index in [1.807, 2.05) is 36.4 Å². The van der Waals surface area contributed by atoms with Crippen molar-refractivity contribution >= 4 is 29.5 Å². The number of rotatable bonds is 5. The summed E-state index contributed by atoms with van der Waals surface area (Å²) in [5, 5.41) is 3.28. The minimum absolute atomic E-state index is 0.280. The molecule has 0 aromatic heterocycles. The van der Waals surface area contributed by atoms with E-state index in [1.54, 1.807) is 7.05 Å². The number of urea groups is 1. The van der Waals surface area contributed by atoms with Crippen molar-refractivity contribution < 1.29 is 9.59 Å². The Morgan fingerprint density at radius 2 is 1.71 bits per heavy atom. The van der Waals surface area contributed by atoms with Crippen LogP contribution in [0, 0.1) is 0 Å². The number of fused-ring (bicyclic) bond motifs is 1. The van der Waals surface area contributed by atoms with Gasteiger partial charge in [0.05, 0.1) is 0 Å². The van der Waals surface area contributed by atoms with Gasteiger partial charge in [-0.1, -0.05) is 60.1 Å². The van der Waals surface area contributed by atoms with Crippen LogP contribution in [0.3, 0.4) is 0 Å². The van der Waals surface area contributed by atoms with Gasteiger partial charge >= 0.3 is 6.03 Å². The van der Waals surface area contributed by atoms with Crippen molar-refractivity contribution in [1.82, 2.24) is 24.9 Å². The van der Waals surface area contributed by atoms with Crippen molar-refractivity contribution in [1.29, 1.82) is 0 Å². The average molecular weight is 481 g/mol. The molecule has 3 amide bonds. The number of piperazine rings is 1. The number of likely N-dealkylation sites (N-methyl/N-ethyl adjacent to an activating group) is 1. The maximum absolute atomic E-state index is 12.9. The van der Waals surface area contributed by atoms with Gasteiger partial charge in [-0.25, -0.2) is 9.79 Å². The van der Waals surface area contributed by atoms with Gasteiger partial charge in [0, 0.05) is 51.3 Å². The number of halogens is 1. The zero-order valence-electron chi connectivity index (χ0n) is 19.2. The molecule has 2 fully saturated rings. The van der Waals surface area contributed by atoms with E-state index in [0.29, 0.717) is 6.54 Å². The van der Waals surface area contributed by atoms with Crippen molar-refractivity contribution in [2.45, 2.75) is 25.2 Å². The Balaban J connectivity index is 1.31. The van der Waals surface area contributed by atoms with Gasteiger partial charge in [-0.05, 0) is 23.6 Å². The summed E-state index contributed by atoms with van der Waals surface area (Å²) >= 11 is 6.36. The molecule has 3 aliphatic rings. The highest BCUT2D eigenvalue weighted by Crippen LogP contribution is 2.27. The minimum Gasteiger partial charge on any atom is -0.340 e. The lowest BCUT2D eigenvalue weighted by atomic mass is 10.1. The monoisotopic (exact) mass is 480 g/mol. The maximum atomic E-state index is 12.9. The van der Waals surface area contributed by atoms with E-state index in [9.17, 15) is 9.59 Å². The predicted molar refractivity (Wildman–Crippen MR) is 131 cm³/mol. The van der Waals surface area contributed by atoms with Crippen LogP contribution in [0.5, 0.6) is 0 Å². The van der Waals surface area contributed by atoms with E-state index in [1.165, 1.54) is 10.5 Å². The van der Waals surface area contributed by atoms with Crippen LogP contribution >= 0.6 is 11.6 Å². The summed E-state index contributed by atoms with van der Waals surface area (Å²) in [5.74, 6) is 0.525. The van der Waals surface area contributed by atoms with Gasteiger partial charge in [-0.3, -0.25) is 15.0 Å². The van der Waals surface area contributed by atoms with Gasteiger partial charge in [-0.15, -0.1) is 0 Å². The molecule has 3 aliphatic heterocycles. The van der Waals surface area contributed by atoms with Gasteiger partial charge in [0.25, 0.3) is 5.91 Å². The van der Waals surface area contributed by atoms with E-state index >= 15 is 0 Å². The third kappa shape index (κ3) is 4.48. The molecule has 2 saturated heterocycles. The highest BCUT2D eigenvalue weighted by atomic mass is 35.5. The van der Waals surface area contributed by atoms with Gasteiger partial charge in [0.15, 0.2) is 18.2 Å². The fraction of sp³-hybridized carbons (Fsp3) is 0.400. The minimum atomic E-state index is -0.512. The summed E-state index contributed by atoms with van der Waals surface area (Å²) < 4.78 is 0. The number of guanidine groups is 1. The van der Waals surface area contributed by atoms with Gasteiger partial charge < -0.3 is 14.7 Å². The second kappa shape index (κ2) is 9.64. The summed E-state index contributed by atoms with van der Waals surface area (Å²) in [5.41, 5.74) is 2.33. The zero-order valence-corrected chi connectivity index (χ0v) is 20.0. The largest absolute Gasteiger partial charge is 0.340 e. The number of benzene rings is 2. The highest BCUT2D eigenvalue weighted by molar-refractivity contribution is 6.31. The maximum Gasteiger partial charge on any atom is 0.325 e. The number of hydrogen-bond acceptors (Lipinski definition) is 6. The SMILES string of the molecule is CN1C(=O)NC(=O)C2C1N=C(N1CCN(Cc3ccccc3Cl)CC1)N2CCc1ccccc1. The number of carbonyl (C=O) groups is 2. The second-order valence-corrected chi connectivity index (χ2v) is 9.38. The normalized spacial score (nSPS) is 23.1. The number of hydrogen-bond donors (Lipinski definition) is 1. The zero-order chi connectivity index (χ0) is 23.7. The van der Waals surface area contributed by atoms with Crippen LogP contribution in [0.2, 0.25) is 5.02 Å². The third-order valence-electron chi connectivity index (χ3n) is 6.83. The molecule has 8 nitrogen and oxygen atoms in total. The first-order chi connectivity index (χ1) is 16.5. The molecule has 0 bridgehead atoms. The lowest BCUT2D eigenvalue weighted by Gasteiger charge is -2.40. The summed E-state index contributed by atoms with van der Waals surface area (Å²) in [7, 11) is 1.70. The van der Waals surface area contributed by atoms with Crippen molar-refractivity contribution in [2.75, 3.05) is 39.8 Å². The highest BCUT2D eigenvalue weighted by Gasteiger charge is 2.49. The molecule has 2 unspecified atom stereocenters. The average Bonchev–Trinajstić information content (AvgIpc) is 3.24. The van der Waals surface area contributed by atoms with Gasteiger partial charge in [-0.2, -0.15) is 0 Å². The number of imide groups is 1. The van der Waals surface area contributed by atoms with Crippen LogP contribution in [0.15, 0.2) is 59.6 Å². The Hall–Kier alpha value is -3.10. The number of carbonyl (C=O) groups excluding carboxylic acids is 2. The van der Waals surface area contributed by atoms with Crippen LogP contribution in [-0.2, 0) is 17.8 Å². The summed E-state index contributed by atoms with van der Waals surface area (Å²) in [6, 6.07) is 17.3. The number of aliphatic imine (C=N–C) groups is 1. The van der Waals surface area contributed by atoms with Crippen LogP contribution < -0.4 is 5.32 Å². The molecular formula is C25H29ClN6O2. The Bertz CT molecular complexity index is 1090. The first kappa shape index (κ1) is 22.7. The van der Waals surface area contributed by atoms with E-state index in [4.69, 9.17) is 16.6 Å². The quantitative estimate of drug-likeness (QED) is 0.710. The summed E-state index contributed by atoms with van der Waals surface area (Å²) in [6.07, 6.45) is 0.286. The predicted octanol–water partition coefficient (Wildman–Crippen LogP) is 2.25.